The van der Waals surface area contributed by atoms with Crippen molar-refractivity contribution in [2.24, 2.45) is 0 Å². The molecule has 2 rings (SSSR count). The van der Waals surface area contributed by atoms with Crippen LogP contribution in [0.5, 0.6) is 5.75 Å². The second-order valence-electron chi connectivity index (χ2n) is 5.68. The Labute approximate surface area is 157 Å². The van der Waals surface area contributed by atoms with E-state index in [0.717, 1.165) is 5.56 Å². The number of benzene rings is 2. The first kappa shape index (κ1) is 20.0. The van der Waals surface area contributed by atoms with E-state index in [9.17, 15) is 15.0 Å². The van der Waals surface area contributed by atoms with Gasteiger partial charge in [-0.05, 0) is 29.7 Å². The fourth-order valence-corrected chi connectivity index (χ4v) is 2.61. The number of carbonyl (C=O) groups is 1. The quantitative estimate of drug-likeness (QED) is 0.656. The Kier molecular flexibility index (Phi) is 7.72. The van der Waals surface area contributed by atoms with E-state index in [0.29, 0.717) is 16.3 Å². The molecular weight excluding hydrogens is 358 g/mol. The fourth-order valence-electron chi connectivity index (χ4n) is 2.34. The van der Waals surface area contributed by atoms with Gasteiger partial charge >= 0.3 is 6.09 Å². The van der Waals surface area contributed by atoms with Gasteiger partial charge in [0.05, 0.1) is 18.2 Å². The minimum Gasteiger partial charge on any atom is -0.495 e. The van der Waals surface area contributed by atoms with Crippen molar-refractivity contribution in [2.75, 3.05) is 13.7 Å². The molecular formula is C19H22ClNO5. The minimum absolute atomic E-state index is 0.158. The molecule has 2 atom stereocenters. The normalized spacial score (nSPS) is 12.9. The van der Waals surface area contributed by atoms with E-state index < -0.39 is 18.3 Å². The predicted octanol–water partition coefficient (Wildman–Crippen LogP) is 3.06. The van der Waals surface area contributed by atoms with Crippen LogP contribution >= 0.6 is 11.6 Å². The van der Waals surface area contributed by atoms with Gasteiger partial charge < -0.3 is 25.0 Å². The summed E-state index contributed by atoms with van der Waals surface area (Å²) in [6.45, 7) is 0.331. The van der Waals surface area contributed by atoms with Crippen LogP contribution in [0.4, 0.5) is 4.79 Å². The number of aliphatic hydroxyl groups is 2. The van der Waals surface area contributed by atoms with Crippen LogP contribution < -0.4 is 10.1 Å². The maximum Gasteiger partial charge on any atom is 0.407 e. The summed E-state index contributed by atoms with van der Waals surface area (Å²) in [5.74, 6) is 0.486. The first-order valence-corrected chi connectivity index (χ1v) is 8.53. The van der Waals surface area contributed by atoms with E-state index in [4.69, 9.17) is 21.1 Å². The number of amides is 1. The highest BCUT2D eigenvalue weighted by Gasteiger charge is 2.19. The number of halogens is 1. The number of rotatable bonds is 8. The largest absolute Gasteiger partial charge is 0.495 e. The van der Waals surface area contributed by atoms with Crippen molar-refractivity contribution >= 4 is 17.7 Å². The molecule has 0 radical (unpaired) electrons. The van der Waals surface area contributed by atoms with Gasteiger partial charge in [0.15, 0.2) is 0 Å². The lowest BCUT2D eigenvalue weighted by Crippen LogP contribution is -2.29. The third kappa shape index (κ3) is 5.91. The lowest BCUT2D eigenvalue weighted by atomic mass is 10.0. The molecule has 0 saturated carbocycles. The molecule has 0 aromatic heterocycles. The van der Waals surface area contributed by atoms with Crippen molar-refractivity contribution in [3.05, 3.63) is 64.7 Å². The van der Waals surface area contributed by atoms with Crippen LogP contribution in [-0.4, -0.2) is 36.1 Å². The molecule has 2 aromatic carbocycles. The summed E-state index contributed by atoms with van der Waals surface area (Å²) < 4.78 is 10.1. The molecule has 140 valence electrons. The lowest BCUT2D eigenvalue weighted by Gasteiger charge is -2.19. The van der Waals surface area contributed by atoms with E-state index >= 15 is 0 Å². The van der Waals surface area contributed by atoms with Gasteiger partial charge in [0.1, 0.15) is 18.5 Å². The molecule has 7 heteroatoms. The van der Waals surface area contributed by atoms with Crippen molar-refractivity contribution < 1.29 is 24.5 Å². The number of aliphatic hydroxyl groups excluding tert-OH is 2. The number of nitrogens with one attached hydrogen (secondary N) is 1. The molecule has 0 bridgehead atoms. The van der Waals surface area contributed by atoms with Crippen molar-refractivity contribution in [3.63, 3.8) is 0 Å². The Bertz CT molecular complexity index is 710. The van der Waals surface area contributed by atoms with Gasteiger partial charge in [0, 0.05) is 6.54 Å². The molecule has 0 fully saturated rings. The molecule has 0 aliphatic rings. The van der Waals surface area contributed by atoms with Gasteiger partial charge in [-0.3, -0.25) is 0 Å². The molecule has 2 aromatic rings. The highest BCUT2D eigenvalue weighted by atomic mass is 35.5. The number of carbonyl (C=O) groups excluding carboxylic acids is 1. The second kappa shape index (κ2) is 10.0. The van der Waals surface area contributed by atoms with Gasteiger partial charge in [0.2, 0.25) is 0 Å². The second-order valence-corrected chi connectivity index (χ2v) is 6.09. The fraction of sp³-hybridized carbons (Fsp3) is 0.316. The summed E-state index contributed by atoms with van der Waals surface area (Å²) in [6, 6.07) is 14.1. The molecule has 26 heavy (non-hydrogen) atoms. The minimum atomic E-state index is -1.12. The van der Waals surface area contributed by atoms with Gasteiger partial charge in [-0.25, -0.2) is 4.79 Å². The van der Waals surface area contributed by atoms with Crippen LogP contribution in [0.1, 0.15) is 23.7 Å². The van der Waals surface area contributed by atoms with Crippen LogP contribution in [0, 0.1) is 0 Å². The third-order valence-corrected chi connectivity index (χ3v) is 4.10. The molecule has 6 nitrogen and oxygen atoms in total. The number of hydrogen-bond donors (Lipinski definition) is 3. The van der Waals surface area contributed by atoms with Crippen LogP contribution in [0.25, 0.3) is 0 Å². The van der Waals surface area contributed by atoms with E-state index in [1.807, 2.05) is 30.3 Å². The predicted molar refractivity (Wildman–Crippen MR) is 98.2 cm³/mol. The van der Waals surface area contributed by atoms with Crippen LogP contribution in [0.2, 0.25) is 5.02 Å². The zero-order chi connectivity index (χ0) is 18.9. The highest BCUT2D eigenvalue weighted by Crippen LogP contribution is 2.29. The molecule has 0 aliphatic heterocycles. The van der Waals surface area contributed by atoms with Crippen LogP contribution in [-0.2, 0) is 11.3 Å². The monoisotopic (exact) mass is 379 g/mol. The number of alkyl carbamates (subject to hydrolysis) is 1. The summed E-state index contributed by atoms with van der Waals surface area (Å²) in [7, 11) is 1.49. The number of ether oxygens (including phenoxy) is 2. The average Bonchev–Trinajstić information content (AvgIpc) is 2.66. The maximum absolute atomic E-state index is 11.6. The van der Waals surface area contributed by atoms with Gasteiger partial charge in [-0.1, -0.05) is 48.0 Å². The van der Waals surface area contributed by atoms with Crippen molar-refractivity contribution in [3.8, 4) is 5.75 Å². The van der Waals surface area contributed by atoms with Gasteiger partial charge in [0.25, 0.3) is 0 Å². The standard InChI is InChI=1S/C19H22ClNO5/c1-25-17-8-7-14(11-15(17)20)18(23)16(22)9-10-21-19(24)26-12-13-5-3-2-4-6-13/h2-8,11,16,18,22-23H,9-10,12H2,1H3,(H,21,24). The molecule has 3 N–H and O–H groups in total. The van der Waals surface area contributed by atoms with Crippen LogP contribution in [0.15, 0.2) is 48.5 Å². The van der Waals surface area contributed by atoms with E-state index in [-0.39, 0.29) is 19.6 Å². The first-order valence-electron chi connectivity index (χ1n) is 8.15. The molecule has 0 heterocycles. The summed E-state index contributed by atoms with van der Waals surface area (Å²) in [5, 5.41) is 23.2. The molecule has 0 aliphatic carbocycles. The van der Waals surface area contributed by atoms with E-state index in [1.165, 1.54) is 13.2 Å². The van der Waals surface area contributed by atoms with Gasteiger partial charge in [-0.15, -0.1) is 0 Å². The Morgan fingerprint density at radius 2 is 1.92 bits per heavy atom. The summed E-state index contributed by atoms with van der Waals surface area (Å²) in [5.41, 5.74) is 1.35. The van der Waals surface area contributed by atoms with Crippen molar-refractivity contribution in [1.82, 2.24) is 5.32 Å². The third-order valence-electron chi connectivity index (χ3n) is 3.80. The Balaban J connectivity index is 1.74. The van der Waals surface area contributed by atoms with Crippen LogP contribution in [0.3, 0.4) is 0 Å². The zero-order valence-corrected chi connectivity index (χ0v) is 15.1. The summed E-state index contributed by atoms with van der Waals surface area (Å²) in [4.78, 5) is 11.6. The molecule has 0 spiro atoms. The van der Waals surface area contributed by atoms with Crippen molar-refractivity contribution in [2.45, 2.75) is 25.2 Å². The highest BCUT2D eigenvalue weighted by molar-refractivity contribution is 6.32. The molecule has 0 saturated heterocycles. The topological polar surface area (TPSA) is 88.0 Å². The number of hydrogen-bond acceptors (Lipinski definition) is 5. The van der Waals surface area contributed by atoms with Gasteiger partial charge in [-0.2, -0.15) is 0 Å². The average molecular weight is 380 g/mol. The molecule has 1 amide bonds. The smallest absolute Gasteiger partial charge is 0.407 e. The zero-order valence-electron chi connectivity index (χ0n) is 14.4. The van der Waals surface area contributed by atoms with E-state index in [2.05, 4.69) is 5.32 Å². The maximum atomic E-state index is 11.6. The molecule has 2 unspecified atom stereocenters. The first-order chi connectivity index (χ1) is 12.5. The van der Waals surface area contributed by atoms with E-state index in [1.54, 1.807) is 12.1 Å². The summed E-state index contributed by atoms with van der Waals surface area (Å²) in [6.07, 6.45) is -2.61. The Hall–Kier alpha value is -2.28. The lowest BCUT2D eigenvalue weighted by molar-refractivity contribution is 0.0136. The Morgan fingerprint density at radius 3 is 2.58 bits per heavy atom. The van der Waals surface area contributed by atoms with Crippen molar-refractivity contribution in [1.29, 1.82) is 0 Å². The number of methoxy groups -OCH3 is 1. The Morgan fingerprint density at radius 1 is 1.19 bits per heavy atom. The summed E-state index contributed by atoms with van der Waals surface area (Å²) >= 11 is 6.02. The SMILES string of the molecule is COc1ccc(C(O)C(O)CCNC(=O)OCc2ccccc2)cc1Cl.